The van der Waals surface area contributed by atoms with E-state index in [0.29, 0.717) is 6.61 Å². The molecule has 1 saturated heterocycles. The van der Waals surface area contributed by atoms with E-state index < -0.39 is 0 Å². The second-order valence-corrected chi connectivity index (χ2v) is 6.24. The summed E-state index contributed by atoms with van der Waals surface area (Å²) in [6.07, 6.45) is 2.50. The van der Waals surface area contributed by atoms with E-state index in [2.05, 4.69) is 41.3 Å². The fourth-order valence-electron chi connectivity index (χ4n) is 3.07. The molecule has 124 valence electrons. The summed E-state index contributed by atoms with van der Waals surface area (Å²) in [6.45, 7) is 13.7. The number of likely N-dealkylation sites (tertiary alicyclic amines) is 1. The van der Waals surface area contributed by atoms with Crippen molar-refractivity contribution in [2.45, 2.75) is 33.6 Å². The number of hydrogen-bond donors (Lipinski definition) is 2. The predicted octanol–water partition coefficient (Wildman–Crippen LogP) is 1.56. The number of piperidine rings is 1. The second kappa shape index (κ2) is 10.9. The Balaban J connectivity index is 2.23. The first-order valence-corrected chi connectivity index (χ1v) is 8.39. The molecule has 0 aromatic carbocycles. The predicted molar refractivity (Wildman–Crippen MR) is 89.9 cm³/mol. The average Bonchev–Trinajstić information content (AvgIpc) is 2.42. The summed E-state index contributed by atoms with van der Waals surface area (Å²) in [5, 5.41) is 6.54. The Labute approximate surface area is 130 Å². The molecule has 1 rings (SSSR count). The molecule has 21 heavy (non-hydrogen) atoms. The smallest absolute Gasteiger partial charge is 0.191 e. The molecule has 0 aromatic rings. The SMILES string of the molecule is CCNC(=NCCCN1CC(C)CC(C)C1)NCCOC. The van der Waals surface area contributed by atoms with Gasteiger partial charge in [0.2, 0.25) is 0 Å². The minimum absolute atomic E-state index is 0.702. The lowest BCUT2D eigenvalue weighted by atomic mass is 9.92. The van der Waals surface area contributed by atoms with Crippen molar-refractivity contribution in [3.05, 3.63) is 0 Å². The van der Waals surface area contributed by atoms with Crippen molar-refractivity contribution in [3.63, 3.8) is 0 Å². The van der Waals surface area contributed by atoms with Crippen molar-refractivity contribution in [2.24, 2.45) is 16.8 Å². The van der Waals surface area contributed by atoms with Crippen LogP contribution >= 0.6 is 0 Å². The van der Waals surface area contributed by atoms with Crippen LogP contribution in [-0.4, -0.2) is 63.8 Å². The van der Waals surface area contributed by atoms with Gasteiger partial charge in [-0.25, -0.2) is 0 Å². The molecule has 0 radical (unpaired) electrons. The van der Waals surface area contributed by atoms with E-state index >= 15 is 0 Å². The van der Waals surface area contributed by atoms with Crippen molar-refractivity contribution in [1.29, 1.82) is 0 Å². The fourth-order valence-corrected chi connectivity index (χ4v) is 3.07. The summed E-state index contributed by atoms with van der Waals surface area (Å²) < 4.78 is 5.04. The van der Waals surface area contributed by atoms with Crippen molar-refractivity contribution in [3.8, 4) is 0 Å². The van der Waals surface area contributed by atoms with Gasteiger partial charge in [-0.05, 0) is 38.1 Å². The van der Waals surface area contributed by atoms with Crippen molar-refractivity contribution < 1.29 is 4.74 Å². The molecule has 5 nitrogen and oxygen atoms in total. The van der Waals surface area contributed by atoms with E-state index in [4.69, 9.17) is 4.74 Å². The molecular weight excluding hydrogens is 264 g/mol. The van der Waals surface area contributed by atoms with Gasteiger partial charge in [0.1, 0.15) is 0 Å². The van der Waals surface area contributed by atoms with Crippen molar-refractivity contribution in [1.82, 2.24) is 15.5 Å². The number of hydrogen-bond acceptors (Lipinski definition) is 3. The Morgan fingerprint density at radius 1 is 1.24 bits per heavy atom. The van der Waals surface area contributed by atoms with Gasteiger partial charge in [-0.15, -0.1) is 0 Å². The molecular formula is C16H34N4O. The maximum atomic E-state index is 5.04. The third kappa shape index (κ3) is 8.27. The number of nitrogens with zero attached hydrogens (tertiary/aromatic N) is 2. The second-order valence-electron chi connectivity index (χ2n) is 6.24. The molecule has 0 aliphatic carbocycles. The van der Waals surface area contributed by atoms with Crippen LogP contribution in [0, 0.1) is 11.8 Å². The first kappa shape index (κ1) is 18.2. The van der Waals surface area contributed by atoms with E-state index in [1.165, 1.54) is 19.5 Å². The zero-order chi connectivity index (χ0) is 15.5. The van der Waals surface area contributed by atoms with Crippen LogP contribution in [0.2, 0.25) is 0 Å². The third-order valence-electron chi connectivity index (χ3n) is 3.79. The summed E-state index contributed by atoms with van der Waals surface area (Å²) >= 11 is 0. The molecule has 2 atom stereocenters. The lowest BCUT2D eigenvalue weighted by molar-refractivity contribution is 0.140. The van der Waals surface area contributed by atoms with Crippen molar-refractivity contribution in [2.75, 3.05) is 53.0 Å². The summed E-state index contributed by atoms with van der Waals surface area (Å²) in [4.78, 5) is 7.22. The average molecular weight is 298 g/mol. The normalized spacial score (nSPS) is 24.1. The Morgan fingerprint density at radius 2 is 1.95 bits per heavy atom. The van der Waals surface area contributed by atoms with E-state index in [0.717, 1.165) is 50.4 Å². The molecule has 1 heterocycles. The molecule has 0 bridgehead atoms. The van der Waals surface area contributed by atoms with Gasteiger partial charge >= 0.3 is 0 Å². The van der Waals surface area contributed by atoms with Crippen LogP contribution < -0.4 is 10.6 Å². The van der Waals surface area contributed by atoms with E-state index in [1.807, 2.05) is 0 Å². The Kier molecular flexibility index (Phi) is 9.42. The highest BCUT2D eigenvalue weighted by atomic mass is 16.5. The monoisotopic (exact) mass is 298 g/mol. The number of ether oxygens (including phenoxy) is 1. The van der Waals surface area contributed by atoms with Gasteiger partial charge in [0.25, 0.3) is 0 Å². The molecule has 1 aliphatic heterocycles. The van der Waals surface area contributed by atoms with Gasteiger partial charge in [-0.2, -0.15) is 0 Å². The molecule has 0 aromatic heterocycles. The minimum atomic E-state index is 0.702. The van der Waals surface area contributed by atoms with E-state index in [-0.39, 0.29) is 0 Å². The van der Waals surface area contributed by atoms with E-state index in [1.54, 1.807) is 7.11 Å². The Hall–Kier alpha value is -0.810. The molecule has 0 saturated carbocycles. The lowest BCUT2D eigenvalue weighted by Gasteiger charge is -2.34. The molecule has 2 N–H and O–H groups in total. The van der Waals surface area contributed by atoms with Crippen LogP contribution in [0.5, 0.6) is 0 Å². The highest BCUT2D eigenvalue weighted by Gasteiger charge is 2.20. The number of aliphatic imine (C=N–C) groups is 1. The maximum absolute atomic E-state index is 5.04. The highest BCUT2D eigenvalue weighted by Crippen LogP contribution is 2.20. The van der Waals surface area contributed by atoms with Crippen LogP contribution in [0.4, 0.5) is 0 Å². The van der Waals surface area contributed by atoms with Crippen LogP contribution in [0.15, 0.2) is 4.99 Å². The van der Waals surface area contributed by atoms with Crippen molar-refractivity contribution >= 4 is 5.96 Å². The number of rotatable bonds is 8. The zero-order valence-electron chi connectivity index (χ0n) is 14.3. The quantitative estimate of drug-likeness (QED) is 0.406. The molecule has 5 heteroatoms. The molecule has 1 aliphatic rings. The lowest BCUT2D eigenvalue weighted by Crippen LogP contribution is -2.40. The summed E-state index contributed by atoms with van der Waals surface area (Å²) in [5.74, 6) is 2.57. The fraction of sp³-hybridized carbons (Fsp3) is 0.938. The maximum Gasteiger partial charge on any atom is 0.191 e. The number of methoxy groups -OCH3 is 1. The van der Waals surface area contributed by atoms with Gasteiger partial charge in [0.05, 0.1) is 6.61 Å². The molecule has 0 spiro atoms. The highest BCUT2D eigenvalue weighted by molar-refractivity contribution is 5.79. The Bertz CT molecular complexity index is 286. The summed E-state index contributed by atoms with van der Waals surface area (Å²) in [5.41, 5.74) is 0. The van der Waals surface area contributed by atoms with Gasteiger partial charge in [-0.1, -0.05) is 13.8 Å². The first-order valence-electron chi connectivity index (χ1n) is 8.39. The summed E-state index contributed by atoms with van der Waals surface area (Å²) in [7, 11) is 1.71. The Morgan fingerprint density at radius 3 is 2.57 bits per heavy atom. The number of nitrogens with one attached hydrogen (secondary N) is 2. The molecule has 2 unspecified atom stereocenters. The largest absolute Gasteiger partial charge is 0.383 e. The van der Waals surface area contributed by atoms with Gasteiger partial charge in [0.15, 0.2) is 5.96 Å². The van der Waals surface area contributed by atoms with Gasteiger partial charge in [-0.3, -0.25) is 4.99 Å². The summed E-state index contributed by atoms with van der Waals surface area (Å²) in [6, 6.07) is 0. The van der Waals surface area contributed by atoms with Crippen LogP contribution in [0.3, 0.4) is 0 Å². The topological polar surface area (TPSA) is 48.9 Å². The minimum Gasteiger partial charge on any atom is -0.383 e. The van der Waals surface area contributed by atoms with Crippen LogP contribution in [0.1, 0.15) is 33.6 Å². The van der Waals surface area contributed by atoms with E-state index in [9.17, 15) is 0 Å². The van der Waals surface area contributed by atoms with Crippen LogP contribution in [0.25, 0.3) is 0 Å². The van der Waals surface area contributed by atoms with Gasteiger partial charge < -0.3 is 20.3 Å². The zero-order valence-corrected chi connectivity index (χ0v) is 14.3. The number of guanidine groups is 1. The standard InChI is InChI=1S/C16H34N4O/c1-5-17-16(19-8-10-21-4)18-7-6-9-20-12-14(2)11-15(3)13-20/h14-15H,5-13H2,1-4H3,(H2,17,18,19). The molecule has 0 amide bonds. The van der Waals surface area contributed by atoms with Gasteiger partial charge in [0, 0.05) is 39.8 Å². The third-order valence-corrected chi connectivity index (χ3v) is 3.79. The van der Waals surface area contributed by atoms with Crippen LogP contribution in [-0.2, 0) is 4.74 Å². The first-order chi connectivity index (χ1) is 10.2. The molecule has 1 fully saturated rings.